The molecule has 0 radical (unpaired) electrons. The lowest BCUT2D eigenvalue weighted by molar-refractivity contribution is 0.344. The molecule has 2 N–H and O–H groups in total. The molecule has 4 nitrogen and oxygen atoms in total. The number of aromatic nitrogens is 2. The molecule has 0 saturated carbocycles. The molecule has 0 bridgehead atoms. The third kappa shape index (κ3) is 4.46. The molecule has 0 aliphatic heterocycles. The first-order valence-electron chi connectivity index (χ1n) is 6.72. The lowest BCUT2D eigenvalue weighted by atomic mass is 9.94. The summed E-state index contributed by atoms with van der Waals surface area (Å²) in [5.74, 6) is 1.31. The number of hydrogen-bond donors (Lipinski definition) is 1. The first-order chi connectivity index (χ1) is 8.10. The molecule has 0 amide bonds. The molecule has 98 valence electrons. The average molecular weight is 239 g/mol. The van der Waals surface area contributed by atoms with Crippen LogP contribution in [0.4, 0.5) is 0 Å². The van der Waals surface area contributed by atoms with Gasteiger partial charge < -0.3 is 10.3 Å². The summed E-state index contributed by atoms with van der Waals surface area (Å²) in [4.78, 5) is 4.31. The molecule has 0 aliphatic rings. The summed E-state index contributed by atoms with van der Waals surface area (Å²) < 4.78 is 5.10. The van der Waals surface area contributed by atoms with Crippen molar-refractivity contribution in [3.8, 4) is 0 Å². The van der Waals surface area contributed by atoms with Crippen LogP contribution in [0.1, 0.15) is 71.0 Å². The highest BCUT2D eigenvalue weighted by molar-refractivity contribution is 5.01. The molecule has 1 rings (SSSR count). The van der Waals surface area contributed by atoms with Gasteiger partial charge in [0, 0.05) is 6.42 Å². The van der Waals surface area contributed by atoms with Gasteiger partial charge in [0.05, 0.1) is 5.54 Å². The molecule has 1 heterocycles. The summed E-state index contributed by atoms with van der Waals surface area (Å²) in [5.41, 5.74) is 5.78. The Labute approximate surface area is 104 Å². The van der Waals surface area contributed by atoms with E-state index in [1.807, 2.05) is 13.8 Å². The van der Waals surface area contributed by atoms with Crippen molar-refractivity contribution in [1.82, 2.24) is 10.1 Å². The van der Waals surface area contributed by atoms with Gasteiger partial charge >= 0.3 is 0 Å². The molecule has 17 heavy (non-hydrogen) atoms. The Hall–Kier alpha value is -0.900. The van der Waals surface area contributed by atoms with Gasteiger partial charge in [-0.25, -0.2) is 0 Å². The normalized spacial score (nSPS) is 14.8. The number of hydrogen-bond acceptors (Lipinski definition) is 4. The summed E-state index contributed by atoms with van der Waals surface area (Å²) in [6.45, 7) is 6.20. The van der Waals surface area contributed by atoms with Gasteiger partial charge in [-0.3, -0.25) is 0 Å². The van der Waals surface area contributed by atoms with E-state index in [0.717, 1.165) is 19.3 Å². The van der Waals surface area contributed by atoms with Crippen molar-refractivity contribution in [2.45, 2.75) is 71.3 Å². The molecular formula is C13H25N3O. The second-order valence-corrected chi connectivity index (χ2v) is 4.95. The number of unbranched alkanes of at least 4 members (excludes halogenated alkanes) is 4. The molecule has 0 aromatic carbocycles. The van der Waals surface area contributed by atoms with Crippen LogP contribution in [-0.4, -0.2) is 10.1 Å². The number of nitrogens with two attached hydrogens (primary N) is 1. The third-order valence-electron chi connectivity index (χ3n) is 3.08. The van der Waals surface area contributed by atoms with E-state index in [0.29, 0.717) is 11.7 Å². The van der Waals surface area contributed by atoms with Crippen molar-refractivity contribution >= 4 is 0 Å². The van der Waals surface area contributed by atoms with E-state index in [1.54, 1.807) is 0 Å². The quantitative estimate of drug-likeness (QED) is 0.708. The second kappa shape index (κ2) is 6.74. The van der Waals surface area contributed by atoms with Gasteiger partial charge in [0.15, 0.2) is 5.82 Å². The molecule has 4 heteroatoms. The molecule has 1 atom stereocenters. The summed E-state index contributed by atoms with van der Waals surface area (Å²) in [6.07, 6.45) is 7.91. The van der Waals surface area contributed by atoms with Crippen LogP contribution in [0.2, 0.25) is 0 Å². The van der Waals surface area contributed by atoms with Crippen LogP contribution in [0.3, 0.4) is 0 Å². The molecule has 0 aliphatic carbocycles. The zero-order valence-electron chi connectivity index (χ0n) is 11.3. The van der Waals surface area contributed by atoms with Crippen LogP contribution in [0.5, 0.6) is 0 Å². The van der Waals surface area contributed by atoms with E-state index in [2.05, 4.69) is 17.1 Å². The SMILES string of the molecule is CCCCCCCC(C)(N)c1noc(CC)n1. The predicted molar refractivity (Wildman–Crippen MR) is 68.6 cm³/mol. The highest BCUT2D eigenvalue weighted by atomic mass is 16.5. The predicted octanol–water partition coefficient (Wildman–Crippen LogP) is 3.17. The average Bonchev–Trinajstić information content (AvgIpc) is 2.78. The summed E-state index contributed by atoms with van der Waals surface area (Å²) in [7, 11) is 0. The molecular weight excluding hydrogens is 214 g/mol. The molecule has 0 saturated heterocycles. The van der Waals surface area contributed by atoms with Gasteiger partial charge in [-0.05, 0) is 13.3 Å². The minimum absolute atomic E-state index is 0.455. The Balaban J connectivity index is 2.39. The Kier molecular flexibility index (Phi) is 5.62. The highest BCUT2D eigenvalue weighted by Crippen LogP contribution is 2.22. The minimum atomic E-state index is -0.455. The summed E-state index contributed by atoms with van der Waals surface area (Å²) >= 11 is 0. The van der Waals surface area contributed by atoms with E-state index in [-0.39, 0.29) is 0 Å². The van der Waals surface area contributed by atoms with E-state index >= 15 is 0 Å². The van der Waals surface area contributed by atoms with E-state index in [4.69, 9.17) is 10.3 Å². The largest absolute Gasteiger partial charge is 0.339 e. The van der Waals surface area contributed by atoms with Crippen LogP contribution in [0.25, 0.3) is 0 Å². The fourth-order valence-electron chi connectivity index (χ4n) is 1.84. The Morgan fingerprint density at radius 1 is 1.18 bits per heavy atom. The van der Waals surface area contributed by atoms with Crippen molar-refractivity contribution in [2.75, 3.05) is 0 Å². The minimum Gasteiger partial charge on any atom is -0.339 e. The monoisotopic (exact) mass is 239 g/mol. The maximum atomic E-state index is 6.24. The van der Waals surface area contributed by atoms with Crippen molar-refractivity contribution in [2.24, 2.45) is 5.73 Å². The van der Waals surface area contributed by atoms with Crippen molar-refractivity contribution < 1.29 is 4.52 Å². The van der Waals surface area contributed by atoms with Gasteiger partial charge in [-0.1, -0.05) is 51.1 Å². The van der Waals surface area contributed by atoms with Crippen LogP contribution in [0, 0.1) is 0 Å². The molecule has 1 aromatic rings. The zero-order valence-corrected chi connectivity index (χ0v) is 11.3. The second-order valence-electron chi connectivity index (χ2n) is 4.95. The molecule has 0 spiro atoms. The molecule has 1 unspecified atom stereocenters. The maximum absolute atomic E-state index is 6.24. The maximum Gasteiger partial charge on any atom is 0.226 e. The van der Waals surface area contributed by atoms with Crippen LogP contribution >= 0.6 is 0 Å². The van der Waals surface area contributed by atoms with Gasteiger partial charge in [0.1, 0.15) is 0 Å². The van der Waals surface area contributed by atoms with E-state index in [9.17, 15) is 0 Å². The first-order valence-corrected chi connectivity index (χ1v) is 6.72. The van der Waals surface area contributed by atoms with Gasteiger partial charge in [-0.15, -0.1) is 0 Å². The Morgan fingerprint density at radius 2 is 1.88 bits per heavy atom. The van der Waals surface area contributed by atoms with Crippen LogP contribution in [-0.2, 0) is 12.0 Å². The van der Waals surface area contributed by atoms with Gasteiger partial charge in [0.2, 0.25) is 5.89 Å². The first kappa shape index (κ1) is 14.2. The molecule has 0 fully saturated rings. The van der Waals surface area contributed by atoms with Crippen molar-refractivity contribution in [3.63, 3.8) is 0 Å². The van der Waals surface area contributed by atoms with Crippen LogP contribution in [0.15, 0.2) is 4.52 Å². The van der Waals surface area contributed by atoms with Crippen molar-refractivity contribution in [1.29, 1.82) is 0 Å². The van der Waals surface area contributed by atoms with Crippen molar-refractivity contribution in [3.05, 3.63) is 11.7 Å². The van der Waals surface area contributed by atoms with E-state index < -0.39 is 5.54 Å². The fraction of sp³-hybridized carbons (Fsp3) is 0.846. The number of rotatable bonds is 8. The number of nitrogens with zero attached hydrogens (tertiary/aromatic N) is 2. The Morgan fingerprint density at radius 3 is 2.47 bits per heavy atom. The molecule has 1 aromatic heterocycles. The highest BCUT2D eigenvalue weighted by Gasteiger charge is 2.26. The standard InChI is InChI=1S/C13H25N3O/c1-4-6-7-8-9-10-13(3,14)12-15-11(5-2)17-16-12/h4-10,14H2,1-3H3. The topological polar surface area (TPSA) is 64.9 Å². The van der Waals surface area contributed by atoms with Crippen LogP contribution < -0.4 is 5.73 Å². The van der Waals surface area contributed by atoms with Gasteiger partial charge in [-0.2, -0.15) is 4.98 Å². The third-order valence-corrected chi connectivity index (χ3v) is 3.08. The zero-order chi connectivity index (χ0) is 12.7. The summed E-state index contributed by atoms with van der Waals surface area (Å²) in [5, 5.41) is 3.96. The Bertz CT molecular complexity index is 320. The van der Waals surface area contributed by atoms with Gasteiger partial charge in [0.25, 0.3) is 0 Å². The lowest BCUT2D eigenvalue weighted by Crippen LogP contribution is -2.34. The number of aryl methyl sites for hydroxylation is 1. The fourth-order valence-corrected chi connectivity index (χ4v) is 1.84. The summed E-state index contributed by atoms with van der Waals surface area (Å²) in [6, 6.07) is 0. The van der Waals surface area contributed by atoms with E-state index in [1.165, 1.54) is 25.7 Å². The lowest BCUT2D eigenvalue weighted by Gasteiger charge is -2.20. The smallest absolute Gasteiger partial charge is 0.226 e.